The molecule has 0 saturated carbocycles. The predicted octanol–water partition coefficient (Wildman–Crippen LogP) is 1.73. The van der Waals surface area contributed by atoms with Crippen molar-refractivity contribution in [1.82, 2.24) is 10.2 Å². The number of nitrogens with one attached hydrogen (secondary N) is 1. The average molecular weight is 288 g/mol. The standard InChI is InChI=1S/C17H24N2O2/c1-2-10-18-16(20)13-19-11-8-15(9-12-19)17(21)14-6-4-3-5-7-14/h2-7,15,17,21H,1,8-13H2,(H,18,20). The van der Waals surface area contributed by atoms with Crippen LogP contribution < -0.4 is 5.32 Å². The third-order valence-corrected chi connectivity index (χ3v) is 4.03. The Morgan fingerprint density at radius 3 is 2.67 bits per heavy atom. The number of rotatable bonds is 6. The number of nitrogens with zero attached hydrogens (tertiary/aromatic N) is 1. The highest BCUT2D eigenvalue weighted by atomic mass is 16.3. The molecule has 1 atom stereocenters. The van der Waals surface area contributed by atoms with Crippen LogP contribution in [0.15, 0.2) is 43.0 Å². The summed E-state index contributed by atoms with van der Waals surface area (Å²) in [4.78, 5) is 13.8. The van der Waals surface area contributed by atoms with Crippen LogP contribution in [0, 0.1) is 5.92 Å². The number of carbonyl (C=O) groups excluding carboxylic acids is 1. The van der Waals surface area contributed by atoms with E-state index in [1.54, 1.807) is 6.08 Å². The fourth-order valence-electron chi connectivity index (χ4n) is 2.79. The van der Waals surface area contributed by atoms with E-state index < -0.39 is 6.10 Å². The van der Waals surface area contributed by atoms with Gasteiger partial charge in [0.15, 0.2) is 0 Å². The second-order valence-electron chi connectivity index (χ2n) is 5.56. The zero-order chi connectivity index (χ0) is 15.1. The molecule has 2 N–H and O–H groups in total. The molecule has 1 aromatic carbocycles. The first-order chi connectivity index (χ1) is 10.2. The fourth-order valence-corrected chi connectivity index (χ4v) is 2.79. The molecule has 21 heavy (non-hydrogen) atoms. The van der Waals surface area contributed by atoms with E-state index in [1.165, 1.54) is 0 Å². The number of benzene rings is 1. The van der Waals surface area contributed by atoms with E-state index in [1.807, 2.05) is 30.3 Å². The van der Waals surface area contributed by atoms with E-state index in [0.29, 0.717) is 13.1 Å². The predicted molar refractivity (Wildman–Crippen MR) is 83.8 cm³/mol. The van der Waals surface area contributed by atoms with Crippen LogP contribution >= 0.6 is 0 Å². The van der Waals surface area contributed by atoms with E-state index in [2.05, 4.69) is 16.8 Å². The lowest BCUT2D eigenvalue weighted by Gasteiger charge is -2.33. The summed E-state index contributed by atoms with van der Waals surface area (Å²) in [5.74, 6) is 0.317. The summed E-state index contributed by atoms with van der Waals surface area (Å²) in [5, 5.41) is 13.2. The third kappa shape index (κ3) is 4.69. The molecule has 0 radical (unpaired) electrons. The molecule has 1 fully saturated rings. The van der Waals surface area contributed by atoms with Crippen molar-refractivity contribution in [1.29, 1.82) is 0 Å². The number of hydrogen-bond donors (Lipinski definition) is 2. The molecule has 1 aliphatic heterocycles. The van der Waals surface area contributed by atoms with Gasteiger partial charge < -0.3 is 10.4 Å². The minimum Gasteiger partial charge on any atom is -0.388 e. The Labute approximate surface area is 126 Å². The van der Waals surface area contributed by atoms with Crippen molar-refractivity contribution in [3.63, 3.8) is 0 Å². The molecule has 1 unspecified atom stereocenters. The second kappa shape index (κ2) is 7.96. The van der Waals surface area contributed by atoms with Gasteiger partial charge in [-0.05, 0) is 37.4 Å². The Kier molecular flexibility index (Phi) is 5.96. The van der Waals surface area contributed by atoms with Crippen LogP contribution in [0.1, 0.15) is 24.5 Å². The maximum atomic E-state index is 11.7. The Bertz CT molecular complexity index is 453. The third-order valence-electron chi connectivity index (χ3n) is 4.03. The topological polar surface area (TPSA) is 52.6 Å². The van der Waals surface area contributed by atoms with Crippen molar-refractivity contribution in [2.75, 3.05) is 26.2 Å². The van der Waals surface area contributed by atoms with Crippen LogP contribution in [0.2, 0.25) is 0 Å². The Balaban J connectivity index is 1.78. The zero-order valence-corrected chi connectivity index (χ0v) is 12.4. The number of aliphatic hydroxyl groups is 1. The van der Waals surface area contributed by atoms with Crippen molar-refractivity contribution in [3.05, 3.63) is 48.6 Å². The maximum Gasteiger partial charge on any atom is 0.234 e. The summed E-state index contributed by atoms with van der Waals surface area (Å²) >= 11 is 0. The minimum absolute atomic E-state index is 0.0388. The molecule has 0 bridgehead atoms. The zero-order valence-electron chi connectivity index (χ0n) is 12.4. The molecule has 4 heteroatoms. The average Bonchev–Trinajstić information content (AvgIpc) is 2.54. The SMILES string of the molecule is C=CCNC(=O)CN1CCC(C(O)c2ccccc2)CC1. The normalized spacial score (nSPS) is 18.1. The monoisotopic (exact) mass is 288 g/mol. The quantitative estimate of drug-likeness (QED) is 0.784. The summed E-state index contributed by atoms with van der Waals surface area (Å²) in [6, 6.07) is 9.81. The first-order valence-electron chi connectivity index (χ1n) is 7.53. The summed E-state index contributed by atoms with van der Waals surface area (Å²) in [5.41, 5.74) is 0.986. The second-order valence-corrected chi connectivity index (χ2v) is 5.56. The lowest BCUT2D eigenvalue weighted by molar-refractivity contribution is -0.122. The highest BCUT2D eigenvalue weighted by Crippen LogP contribution is 2.30. The van der Waals surface area contributed by atoms with Gasteiger partial charge in [-0.3, -0.25) is 9.69 Å². The molecule has 0 spiro atoms. The largest absolute Gasteiger partial charge is 0.388 e. The van der Waals surface area contributed by atoms with E-state index in [0.717, 1.165) is 31.5 Å². The van der Waals surface area contributed by atoms with Crippen LogP contribution in [0.25, 0.3) is 0 Å². The van der Waals surface area contributed by atoms with Gasteiger partial charge in [0.05, 0.1) is 12.6 Å². The molecular formula is C17H24N2O2. The lowest BCUT2D eigenvalue weighted by atomic mass is 9.87. The molecule has 2 rings (SSSR count). The highest BCUT2D eigenvalue weighted by Gasteiger charge is 2.26. The molecule has 1 heterocycles. The van der Waals surface area contributed by atoms with Gasteiger partial charge in [0, 0.05) is 6.54 Å². The number of piperidine rings is 1. The molecular weight excluding hydrogens is 264 g/mol. The summed E-state index contributed by atoms with van der Waals surface area (Å²) < 4.78 is 0. The van der Waals surface area contributed by atoms with Gasteiger partial charge in [0.2, 0.25) is 5.91 Å². The minimum atomic E-state index is -0.400. The Hall–Kier alpha value is -1.65. The van der Waals surface area contributed by atoms with Gasteiger partial charge in [-0.25, -0.2) is 0 Å². The van der Waals surface area contributed by atoms with Gasteiger partial charge in [0.25, 0.3) is 0 Å². The van der Waals surface area contributed by atoms with Crippen molar-refractivity contribution >= 4 is 5.91 Å². The smallest absolute Gasteiger partial charge is 0.234 e. The van der Waals surface area contributed by atoms with Crippen LogP contribution in [0.3, 0.4) is 0 Å². The molecule has 0 aliphatic carbocycles. The molecule has 1 saturated heterocycles. The first-order valence-corrected chi connectivity index (χ1v) is 7.53. The van der Waals surface area contributed by atoms with E-state index in [-0.39, 0.29) is 11.8 Å². The van der Waals surface area contributed by atoms with Crippen molar-refractivity contribution in [2.45, 2.75) is 18.9 Å². The van der Waals surface area contributed by atoms with Crippen LogP contribution in [-0.4, -0.2) is 42.1 Å². The van der Waals surface area contributed by atoms with Crippen molar-refractivity contribution < 1.29 is 9.90 Å². The van der Waals surface area contributed by atoms with Crippen molar-refractivity contribution in [2.24, 2.45) is 5.92 Å². The molecule has 114 valence electrons. The summed E-state index contributed by atoms with van der Waals surface area (Å²) in [7, 11) is 0. The number of likely N-dealkylation sites (tertiary alicyclic amines) is 1. The van der Waals surface area contributed by atoms with Gasteiger partial charge in [-0.2, -0.15) is 0 Å². The Morgan fingerprint density at radius 2 is 2.05 bits per heavy atom. The van der Waals surface area contributed by atoms with E-state index in [4.69, 9.17) is 0 Å². The molecule has 4 nitrogen and oxygen atoms in total. The first kappa shape index (κ1) is 15.7. The van der Waals surface area contributed by atoms with Gasteiger partial charge >= 0.3 is 0 Å². The number of amides is 1. The number of aliphatic hydroxyl groups excluding tert-OH is 1. The summed E-state index contributed by atoms with van der Waals surface area (Å²) in [6.45, 7) is 6.24. The van der Waals surface area contributed by atoms with E-state index in [9.17, 15) is 9.90 Å². The summed E-state index contributed by atoms with van der Waals surface area (Å²) in [6.07, 6.45) is 3.12. The Morgan fingerprint density at radius 1 is 1.38 bits per heavy atom. The fraction of sp³-hybridized carbons (Fsp3) is 0.471. The van der Waals surface area contributed by atoms with Gasteiger partial charge in [-0.15, -0.1) is 6.58 Å². The van der Waals surface area contributed by atoms with Crippen molar-refractivity contribution in [3.8, 4) is 0 Å². The van der Waals surface area contributed by atoms with Gasteiger partial charge in [0.1, 0.15) is 0 Å². The van der Waals surface area contributed by atoms with Crippen LogP contribution in [0.5, 0.6) is 0 Å². The number of hydrogen-bond acceptors (Lipinski definition) is 3. The molecule has 0 aromatic heterocycles. The molecule has 1 aliphatic rings. The number of carbonyl (C=O) groups is 1. The molecule has 1 amide bonds. The lowest BCUT2D eigenvalue weighted by Crippen LogP contribution is -2.42. The van der Waals surface area contributed by atoms with Crippen LogP contribution in [-0.2, 0) is 4.79 Å². The van der Waals surface area contributed by atoms with E-state index >= 15 is 0 Å². The molecule has 1 aromatic rings. The maximum absolute atomic E-state index is 11.7. The van der Waals surface area contributed by atoms with Crippen LogP contribution in [0.4, 0.5) is 0 Å². The van der Waals surface area contributed by atoms with Gasteiger partial charge in [-0.1, -0.05) is 36.4 Å². The highest BCUT2D eigenvalue weighted by molar-refractivity contribution is 5.78.